The highest BCUT2D eigenvalue weighted by Crippen LogP contribution is 2.15. The molecule has 2 rings (SSSR count). The summed E-state index contributed by atoms with van der Waals surface area (Å²) in [6, 6.07) is 7.91. The van der Waals surface area contributed by atoms with Gasteiger partial charge in [-0.3, -0.25) is 5.10 Å². The molecule has 0 saturated carbocycles. The first kappa shape index (κ1) is 15.7. The maximum Gasteiger partial charge on any atom is 0.260 e. The van der Waals surface area contributed by atoms with Gasteiger partial charge in [0.1, 0.15) is 0 Å². The highest BCUT2D eigenvalue weighted by Gasteiger charge is 2.22. The van der Waals surface area contributed by atoms with Gasteiger partial charge in [0.2, 0.25) is 0 Å². The van der Waals surface area contributed by atoms with Gasteiger partial charge < -0.3 is 5.73 Å². The monoisotopic (exact) mass is 308 g/mol. The van der Waals surface area contributed by atoms with Crippen LogP contribution in [-0.4, -0.2) is 25.2 Å². The van der Waals surface area contributed by atoms with E-state index in [4.69, 9.17) is 5.73 Å². The fourth-order valence-electron chi connectivity index (χ4n) is 2.17. The number of aromatic nitrogens is 2. The number of H-pyrrole nitrogens is 1. The van der Waals surface area contributed by atoms with Gasteiger partial charge in [-0.2, -0.15) is 5.10 Å². The van der Waals surface area contributed by atoms with Gasteiger partial charge in [0.15, 0.2) is 5.03 Å². The average Bonchev–Trinajstić information content (AvgIpc) is 2.82. The second-order valence-electron chi connectivity index (χ2n) is 4.91. The van der Waals surface area contributed by atoms with Crippen LogP contribution in [0, 0.1) is 13.8 Å². The molecule has 0 aliphatic rings. The van der Waals surface area contributed by atoms with Crippen LogP contribution in [0.15, 0.2) is 29.3 Å². The molecule has 4 N–H and O–H groups in total. The Balaban J connectivity index is 2.07. The summed E-state index contributed by atoms with van der Waals surface area (Å²) in [5.74, 6) is 0. The van der Waals surface area contributed by atoms with E-state index in [2.05, 4.69) is 14.9 Å². The molecule has 0 bridgehead atoms. The second kappa shape index (κ2) is 6.38. The first-order valence-corrected chi connectivity index (χ1v) is 8.22. The van der Waals surface area contributed by atoms with Crippen molar-refractivity contribution in [1.29, 1.82) is 0 Å². The lowest BCUT2D eigenvalue weighted by Gasteiger charge is -2.08. The predicted molar refractivity (Wildman–Crippen MR) is 81.3 cm³/mol. The second-order valence-corrected chi connectivity index (χ2v) is 6.59. The number of aryl methyl sites for hydroxylation is 2. The third-order valence-corrected chi connectivity index (χ3v) is 4.87. The molecule has 0 saturated heterocycles. The molecule has 0 unspecified atom stereocenters. The molecule has 0 aliphatic heterocycles. The van der Waals surface area contributed by atoms with E-state index in [1.165, 1.54) is 0 Å². The summed E-state index contributed by atoms with van der Waals surface area (Å²) < 4.78 is 27.1. The fraction of sp³-hybridized carbons (Fsp3) is 0.357. The minimum atomic E-state index is -3.64. The minimum absolute atomic E-state index is 0.00714. The Morgan fingerprint density at radius 2 is 2.00 bits per heavy atom. The van der Waals surface area contributed by atoms with Gasteiger partial charge in [-0.15, -0.1) is 0 Å². The molecule has 0 radical (unpaired) electrons. The first-order valence-electron chi connectivity index (χ1n) is 6.74. The van der Waals surface area contributed by atoms with Gasteiger partial charge in [-0.1, -0.05) is 24.3 Å². The number of sulfonamides is 1. The van der Waals surface area contributed by atoms with E-state index in [9.17, 15) is 8.42 Å². The van der Waals surface area contributed by atoms with Gasteiger partial charge in [0, 0.05) is 24.3 Å². The normalized spacial score (nSPS) is 11.8. The van der Waals surface area contributed by atoms with Crippen molar-refractivity contribution in [3.63, 3.8) is 0 Å². The Morgan fingerprint density at radius 1 is 1.29 bits per heavy atom. The summed E-state index contributed by atoms with van der Waals surface area (Å²) in [6.07, 6.45) is 0.632. The lowest BCUT2D eigenvalue weighted by molar-refractivity contribution is 0.576. The number of hydrogen-bond acceptors (Lipinski definition) is 4. The summed E-state index contributed by atoms with van der Waals surface area (Å²) in [6.45, 7) is 4.22. The molecule has 0 aliphatic carbocycles. The molecule has 0 atom stereocenters. The van der Waals surface area contributed by atoms with Gasteiger partial charge in [-0.25, -0.2) is 13.1 Å². The quantitative estimate of drug-likeness (QED) is 0.741. The standard InChI is InChI=1S/C14H20N4O2S/c1-10-5-3-4-6-12(10)7-8-16-21(19,20)14-13(9-15)11(2)17-18-14/h3-6,16H,7-9,15H2,1-2H3,(H,17,18). The Kier molecular flexibility index (Phi) is 4.76. The zero-order valence-electron chi connectivity index (χ0n) is 12.2. The summed E-state index contributed by atoms with van der Waals surface area (Å²) >= 11 is 0. The van der Waals surface area contributed by atoms with Crippen molar-refractivity contribution >= 4 is 10.0 Å². The SMILES string of the molecule is Cc1ccccc1CCNS(=O)(=O)c1n[nH]c(C)c1CN. The summed E-state index contributed by atoms with van der Waals surface area (Å²) in [4.78, 5) is 0. The van der Waals surface area contributed by atoms with Gasteiger partial charge in [0.05, 0.1) is 0 Å². The Hall–Kier alpha value is -1.70. The van der Waals surface area contributed by atoms with Crippen molar-refractivity contribution in [2.75, 3.05) is 6.54 Å². The molecule has 1 aromatic carbocycles. The molecule has 0 spiro atoms. The van der Waals surface area contributed by atoms with Crippen LogP contribution in [0.3, 0.4) is 0 Å². The third-order valence-electron chi connectivity index (χ3n) is 3.44. The summed E-state index contributed by atoms with van der Waals surface area (Å²) in [5, 5.41) is 6.50. The van der Waals surface area contributed by atoms with E-state index in [-0.39, 0.29) is 11.6 Å². The number of nitrogens with two attached hydrogens (primary N) is 1. The minimum Gasteiger partial charge on any atom is -0.326 e. The molecule has 7 heteroatoms. The van der Waals surface area contributed by atoms with Crippen LogP contribution in [0.5, 0.6) is 0 Å². The molecule has 2 aromatic rings. The number of nitrogens with one attached hydrogen (secondary N) is 2. The largest absolute Gasteiger partial charge is 0.326 e. The summed E-state index contributed by atoms with van der Waals surface area (Å²) in [7, 11) is -3.64. The smallest absolute Gasteiger partial charge is 0.260 e. The lowest BCUT2D eigenvalue weighted by Crippen LogP contribution is -2.27. The number of aromatic amines is 1. The van der Waals surface area contributed by atoms with Gasteiger partial charge >= 0.3 is 0 Å². The molecule has 1 aromatic heterocycles. The van der Waals surface area contributed by atoms with E-state index in [1.54, 1.807) is 6.92 Å². The number of hydrogen-bond donors (Lipinski definition) is 3. The number of benzene rings is 1. The van der Waals surface area contributed by atoms with Crippen molar-refractivity contribution in [1.82, 2.24) is 14.9 Å². The molecule has 114 valence electrons. The molecular weight excluding hydrogens is 288 g/mol. The Bertz CT molecular complexity index is 722. The van der Waals surface area contributed by atoms with Crippen LogP contribution < -0.4 is 10.5 Å². The fourth-order valence-corrected chi connectivity index (χ4v) is 3.41. The number of nitrogens with zero attached hydrogens (tertiary/aromatic N) is 1. The zero-order chi connectivity index (χ0) is 15.5. The highest BCUT2D eigenvalue weighted by molar-refractivity contribution is 7.89. The van der Waals surface area contributed by atoms with Crippen molar-refractivity contribution in [3.8, 4) is 0 Å². The maximum atomic E-state index is 12.3. The molecule has 6 nitrogen and oxygen atoms in total. The topological polar surface area (TPSA) is 101 Å². The van der Waals surface area contributed by atoms with Crippen molar-refractivity contribution < 1.29 is 8.42 Å². The van der Waals surface area contributed by atoms with Crippen LogP contribution in [0.25, 0.3) is 0 Å². The van der Waals surface area contributed by atoms with Crippen LogP contribution in [0.4, 0.5) is 0 Å². The summed E-state index contributed by atoms with van der Waals surface area (Å²) in [5.41, 5.74) is 9.05. The van der Waals surface area contributed by atoms with Crippen molar-refractivity contribution in [2.45, 2.75) is 31.8 Å². The lowest BCUT2D eigenvalue weighted by atomic mass is 10.1. The first-order chi connectivity index (χ1) is 9.95. The van der Waals surface area contributed by atoms with E-state index in [0.717, 1.165) is 11.1 Å². The van der Waals surface area contributed by atoms with Gasteiger partial charge in [0.25, 0.3) is 10.0 Å². The highest BCUT2D eigenvalue weighted by atomic mass is 32.2. The van der Waals surface area contributed by atoms with E-state index >= 15 is 0 Å². The third kappa shape index (κ3) is 3.49. The Labute approximate surface area is 124 Å². The Morgan fingerprint density at radius 3 is 2.67 bits per heavy atom. The van der Waals surface area contributed by atoms with Crippen LogP contribution in [0.1, 0.15) is 22.4 Å². The number of rotatable bonds is 6. The van der Waals surface area contributed by atoms with Crippen LogP contribution in [-0.2, 0) is 23.0 Å². The molecule has 0 amide bonds. The van der Waals surface area contributed by atoms with Crippen LogP contribution in [0.2, 0.25) is 0 Å². The van der Waals surface area contributed by atoms with Crippen LogP contribution >= 0.6 is 0 Å². The van der Waals surface area contributed by atoms with E-state index in [0.29, 0.717) is 24.2 Å². The van der Waals surface area contributed by atoms with E-state index in [1.807, 2.05) is 31.2 Å². The molecule has 0 fully saturated rings. The zero-order valence-corrected chi connectivity index (χ0v) is 13.0. The maximum absolute atomic E-state index is 12.3. The molecule has 1 heterocycles. The molecule has 21 heavy (non-hydrogen) atoms. The van der Waals surface area contributed by atoms with E-state index < -0.39 is 10.0 Å². The predicted octanol–water partition coefficient (Wildman–Crippen LogP) is 1.01. The van der Waals surface area contributed by atoms with Crippen molar-refractivity contribution in [2.24, 2.45) is 5.73 Å². The van der Waals surface area contributed by atoms with Gasteiger partial charge in [-0.05, 0) is 31.4 Å². The molecular formula is C14H20N4O2S. The average molecular weight is 308 g/mol. The van der Waals surface area contributed by atoms with Crippen molar-refractivity contribution in [3.05, 3.63) is 46.6 Å².